The molecule has 7 nitrogen and oxygen atoms in total. The summed E-state index contributed by atoms with van der Waals surface area (Å²) in [6.45, 7) is -0.181. The van der Waals surface area contributed by atoms with Crippen LogP contribution < -0.4 is 9.47 Å². The molecule has 0 aliphatic heterocycles. The average molecular weight is 372 g/mol. The highest BCUT2D eigenvalue weighted by Gasteiger charge is 2.15. The lowest BCUT2D eigenvalue weighted by molar-refractivity contribution is -0.144. The van der Waals surface area contributed by atoms with Crippen molar-refractivity contribution in [3.63, 3.8) is 0 Å². The largest absolute Gasteiger partial charge is 0.497 e. The van der Waals surface area contributed by atoms with Gasteiger partial charge in [-0.3, -0.25) is 4.79 Å². The predicted octanol–water partition coefficient (Wildman–Crippen LogP) is 3.18. The maximum Gasteiger partial charge on any atom is 0.310 e. The van der Waals surface area contributed by atoms with Crippen LogP contribution in [0.2, 0.25) is 0 Å². The molecule has 0 fully saturated rings. The topological polar surface area (TPSA) is 83.7 Å². The zero-order valence-corrected chi connectivity index (χ0v) is 14.8. The molecule has 0 saturated heterocycles. The third-order valence-electron chi connectivity index (χ3n) is 3.71. The Morgan fingerprint density at radius 3 is 2.74 bits per heavy atom. The molecule has 140 valence electrons. The van der Waals surface area contributed by atoms with Crippen LogP contribution in [0.3, 0.4) is 0 Å². The minimum absolute atomic E-state index is 0.0505. The highest BCUT2D eigenvalue weighted by atomic mass is 19.1. The van der Waals surface area contributed by atoms with Crippen molar-refractivity contribution in [1.29, 1.82) is 0 Å². The summed E-state index contributed by atoms with van der Waals surface area (Å²) in [7, 11) is 3.08. The summed E-state index contributed by atoms with van der Waals surface area (Å²) in [4.78, 5) is 16.1. The Hall–Kier alpha value is -3.42. The molecule has 0 radical (unpaired) electrons. The number of methoxy groups -OCH3 is 2. The number of rotatable bonds is 7. The summed E-state index contributed by atoms with van der Waals surface area (Å²) in [5.74, 6) is 0.647. The van der Waals surface area contributed by atoms with Crippen LogP contribution in [-0.4, -0.2) is 30.3 Å². The normalized spacial score (nSPS) is 10.5. The second kappa shape index (κ2) is 8.31. The van der Waals surface area contributed by atoms with Gasteiger partial charge in [-0.25, -0.2) is 4.39 Å². The van der Waals surface area contributed by atoms with E-state index in [-0.39, 0.29) is 18.9 Å². The molecule has 0 amide bonds. The summed E-state index contributed by atoms with van der Waals surface area (Å²) in [5.41, 5.74) is 1.13. The second-order valence-corrected chi connectivity index (χ2v) is 5.55. The number of nitrogens with zero attached hydrogens (tertiary/aromatic N) is 2. The molecule has 0 bridgehead atoms. The molecule has 2 aromatic carbocycles. The summed E-state index contributed by atoms with van der Waals surface area (Å²) >= 11 is 0. The van der Waals surface area contributed by atoms with Crippen molar-refractivity contribution in [3.8, 4) is 22.9 Å². The Labute approximate surface area is 154 Å². The Morgan fingerprint density at radius 1 is 1.15 bits per heavy atom. The van der Waals surface area contributed by atoms with Crippen LogP contribution in [0.1, 0.15) is 11.5 Å². The van der Waals surface area contributed by atoms with Gasteiger partial charge in [0.2, 0.25) is 5.82 Å². The molecule has 1 heterocycles. The fourth-order valence-corrected chi connectivity index (χ4v) is 2.41. The molecule has 3 rings (SSSR count). The van der Waals surface area contributed by atoms with Gasteiger partial charge < -0.3 is 18.7 Å². The molecule has 0 N–H and O–H groups in total. The molecule has 0 aliphatic rings. The van der Waals surface area contributed by atoms with E-state index in [1.807, 2.05) is 0 Å². The second-order valence-electron chi connectivity index (χ2n) is 5.55. The van der Waals surface area contributed by atoms with Crippen molar-refractivity contribution >= 4 is 5.97 Å². The average Bonchev–Trinajstić information content (AvgIpc) is 3.14. The lowest BCUT2D eigenvalue weighted by Crippen LogP contribution is -2.08. The van der Waals surface area contributed by atoms with Crippen molar-refractivity contribution in [3.05, 3.63) is 59.7 Å². The molecule has 0 saturated carbocycles. The number of carbonyl (C=O) groups excluding carboxylic acids is 1. The van der Waals surface area contributed by atoms with Crippen LogP contribution in [-0.2, 0) is 22.6 Å². The van der Waals surface area contributed by atoms with E-state index in [4.69, 9.17) is 18.7 Å². The van der Waals surface area contributed by atoms with E-state index >= 15 is 0 Å². The zero-order valence-electron chi connectivity index (χ0n) is 14.8. The van der Waals surface area contributed by atoms with E-state index in [0.717, 1.165) is 0 Å². The van der Waals surface area contributed by atoms with Gasteiger partial charge in [0.15, 0.2) is 6.61 Å². The molecule has 0 spiro atoms. The lowest BCUT2D eigenvalue weighted by Gasteiger charge is -2.07. The maximum absolute atomic E-state index is 13.1. The number of esters is 1. The fourth-order valence-electron chi connectivity index (χ4n) is 2.41. The summed E-state index contributed by atoms with van der Waals surface area (Å²) in [6, 6.07) is 10.9. The minimum atomic E-state index is -0.526. The molecular weight excluding hydrogens is 355 g/mol. The van der Waals surface area contributed by atoms with Gasteiger partial charge in [-0.1, -0.05) is 17.3 Å². The number of hydrogen-bond acceptors (Lipinski definition) is 7. The highest BCUT2D eigenvalue weighted by Crippen LogP contribution is 2.31. The number of hydrogen-bond donors (Lipinski definition) is 0. The van der Waals surface area contributed by atoms with Gasteiger partial charge in [0, 0.05) is 6.07 Å². The molecule has 3 aromatic rings. The molecule has 0 aliphatic carbocycles. The molecule has 8 heteroatoms. The summed E-state index contributed by atoms with van der Waals surface area (Å²) in [6.07, 6.45) is -0.0505. The van der Waals surface area contributed by atoms with E-state index in [0.29, 0.717) is 28.5 Å². The Kier molecular flexibility index (Phi) is 5.65. The molecule has 0 atom stereocenters. The van der Waals surface area contributed by atoms with Gasteiger partial charge in [-0.05, 0) is 29.8 Å². The van der Waals surface area contributed by atoms with Crippen LogP contribution in [0.5, 0.6) is 11.5 Å². The Bertz CT molecular complexity index is 941. The third kappa shape index (κ3) is 4.60. The number of benzene rings is 2. The number of aromatic nitrogens is 2. The predicted molar refractivity (Wildman–Crippen MR) is 92.7 cm³/mol. The van der Waals surface area contributed by atoms with Crippen molar-refractivity contribution in [2.45, 2.75) is 13.0 Å². The van der Waals surface area contributed by atoms with Gasteiger partial charge in [-0.15, -0.1) is 0 Å². The lowest BCUT2D eigenvalue weighted by atomic mass is 10.1. The zero-order chi connectivity index (χ0) is 19.2. The monoisotopic (exact) mass is 372 g/mol. The molecule has 27 heavy (non-hydrogen) atoms. The first-order chi connectivity index (χ1) is 13.1. The van der Waals surface area contributed by atoms with E-state index in [1.165, 1.54) is 25.3 Å². The van der Waals surface area contributed by atoms with Gasteiger partial charge in [0.05, 0.1) is 26.2 Å². The summed E-state index contributed by atoms with van der Waals surface area (Å²) in [5, 5.41) is 3.88. The van der Waals surface area contributed by atoms with Gasteiger partial charge in [-0.2, -0.15) is 4.98 Å². The van der Waals surface area contributed by atoms with Crippen LogP contribution >= 0.6 is 0 Å². The number of ether oxygens (including phenoxy) is 3. The van der Waals surface area contributed by atoms with E-state index in [9.17, 15) is 9.18 Å². The van der Waals surface area contributed by atoms with E-state index in [2.05, 4.69) is 10.1 Å². The smallest absolute Gasteiger partial charge is 0.310 e. The maximum atomic E-state index is 13.1. The number of carbonyl (C=O) groups is 1. The van der Waals surface area contributed by atoms with E-state index < -0.39 is 11.8 Å². The van der Waals surface area contributed by atoms with Crippen molar-refractivity contribution in [2.75, 3.05) is 14.2 Å². The fraction of sp³-hybridized carbons (Fsp3) is 0.211. The SMILES string of the molecule is COc1ccc(-c2noc(COC(=O)Cc3cccc(F)c3)n2)c(OC)c1. The quantitative estimate of drug-likeness (QED) is 0.589. The standard InChI is InChI=1S/C19H17FN2O5/c1-24-14-6-7-15(16(10-14)25-2)19-21-17(27-22-19)11-26-18(23)9-12-4-3-5-13(20)8-12/h3-8,10H,9,11H2,1-2H3. The van der Waals surface area contributed by atoms with Crippen LogP contribution in [0.4, 0.5) is 4.39 Å². The number of halogens is 1. The third-order valence-corrected chi connectivity index (χ3v) is 3.71. The van der Waals surface area contributed by atoms with Gasteiger partial charge in [0.25, 0.3) is 5.89 Å². The first-order valence-corrected chi connectivity index (χ1v) is 8.04. The van der Waals surface area contributed by atoms with E-state index in [1.54, 1.807) is 31.4 Å². The van der Waals surface area contributed by atoms with Crippen molar-refractivity contribution < 1.29 is 27.9 Å². The Balaban J connectivity index is 1.63. The van der Waals surface area contributed by atoms with Crippen LogP contribution in [0.15, 0.2) is 47.0 Å². The van der Waals surface area contributed by atoms with Crippen molar-refractivity contribution in [2.24, 2.45) is 0 Å². The molecule has 0 unspecified atom stereocenters. The molecular formula is C19H17FN2O5. The first-order valence-electron chi connectivity index (χ1n) is 8.04. The molecule has 1 aromatic heterocycles. The Morgan fingerprint density at radius 2 is 2.00 bits per heavy atom. The minimum Gasteiger partial charge on any atom is -0.497 e. The van der Waals surface area contributed by atoms with Gasteiger partial charge in [0.1, 0.15) is 17.3 Å². The van der Waals surface area contributed by atoms with Crippen LogP contribution in [0.25, 0.3) is 11.4 Å². The van der Waals surface area contributed by atoms with Crippen LogP contribution in [0, 0.1) is 5.82 Å². The summed E-state index contributed by atoms with van der Waals surface area (Å²) < 4.78 is 33.8. The van der Waals surface area contributed by atoms with Gasteiger partial charge >= 0.3 is 5.97 Å². The highest BCUT2D eigenvalue weighted by molar-refractivity contribution is 5.72. The first kappa shape index (κ1) is 18.4. The van der Waals surface area contributed by atoms with Crippen molar-refractivity contribution in [1.82, 2.24) is 10.1 Å².